The van der Waals surface area contributed by atoms with E-state index in [0.717, 1.165) is 25.0 Å². The van der Waals surface area contributed by atoms with E-state index >= 15 is 0 Å². The van der Waals surface area contributed by atoms with Crippen molar-refractivity contribution in [3.05, 3.63) is 0 Å². The maximum Gasteiger partial charge on any atom is 0.0544 e. The molecule has 1 aliphatic heterocycles. The molecule has 1 heterocycles. The molecule has 1 aliphatic carbocycles. The van der Waals surface area contributed by atoms with E-state index in [1.807, 2.05) is 0 Å². The molecule has 1 heteroatoms. The summed E-state index contributed by atoms with van der Waals surface area (Å²) in [6.45, 7) is 6.81. The van der Waals surface area contributed by atoms with Gasteiger partial charge in [0.05, 0.1) is 13.2 Å². The van der Waals surface area contributed by atoms with E-state index in [9.17, 15) is 0 Å². The van der Waals surface area contributed by atoms with Crippen LogP contribution in [0.15, 0.2) is 0 Å². The number of hydrogen-bond donors (Lipinski definition) is 0. The maximum absolute atomic E-state index is 5.37. The smallest absolute Gasteiger partial charge is 0.0544 e. The summed E-state index contributed by atoms with van der Waals surface area (Å²) in [5.41, 5.74) is 0.637. The van der Waals surface area contributed by atoms with Crippen LogP contribution in [0.5, 0.6) is 0 Å². The lowest BCUT2D eigenvalue weighted by molar-refractivity contribution is -0.141. The summed E-state index contributed by atoms with van der Waals surface area (Å²) >= 11 is 0. The first-order valence-electron chi connectivity index (χ1n) is 5.78. The highest BCUT2D eigenvalue weighted by molar-refractivity contribution is 4.91. The van der Waals surface area contributed by atoms with E-state index < -0.39 is 0 Å². The van der Waals surface area contributed by atoms with Gasteiger partial charge >= 0.3 is 0 Å². The molecule has 0 amide bonds. The van der Waals surface area contributed by atoms with Crippen LogP contribution in [-0.4, -0.2) is 13.2 Å². The fourth-order valence-corrected chi connectivity index (χ4v) is 3.10. The molecule has 1 spiro atoms. The van der Waals surface area contributed by atoms with Crippen LogP contribution >= 0.6 is 0 Å². The molecule has 2 fully saturated rings. The molecule has 2 aliphatic rings. The van der Waals surface area contributed by atoms with Gasteiger partial charge in [0, 0.05) is 5.41 Å². The predicted molar refractivity (Wildman–Crippen MR) is 54.7 cm³/mol. The molecular weight excluding hydrogens is 160 g/mol. The van der Waals surface area contributed by atoms with Gasteiger partial charge in [0.15, 0.2) is 0 Å². The van der Waals surface area contributed by atoms with E-state index in [2.05, 4.69) is 13.8 Å². The van der Waals surface area contributed by atoms with Gasteiger partial charge in [-0.15, -0.1) is 0 Å². The van der Waals surface area contributed by atoms with Crippen molar-refractivity contribution >= 4 is 0 Å². The van der Waals surface area contributed by atoms with Crippen LogP contribution < -0.4 is 0 Å². The Kier molecular flexibility index (Phi) is 2.64. The van der Waals surface area contributed by atoms with Crippen molar-refractivity contribution in [1.82, 2.24) is 0 Å². The largest absolute Gasteiger partial charge is 0.380 e. The maximum atomic E-state index is 5.37. The van der Waals surface area contributed by atoms with Gasteiger partial charge in [-0.25, -0.2) is 0 Å². The molecule has 0 aromatic carbocycles. The van der Waals surface area contributed by atoms with Crippen LogP contribution in [0.3, 0.4) is 0 Å². The zero-order chi connectivity index (χ0) is 9.31. The molecule has 2 rings (SSSR count). The summed E-state index contributed by atoms with van der Waals surface area (Å²) in [6.07, 6.45) is 7.23. The topological polar surface area (TPSA) is 9.23 Å². The van der Waals surface area contributed by atoms with Gasteiger partial charge in [-0.1, -0.05) is 26.7 Å². The molecule has 0 aromatic rings. The van der Waals surface area contributed by atoms with Crippen molar-refractivity contribution in [2.75, 3.05) is 13.2 Å². The Bertz CT molecular complexity index is 170. The number of hydrogen-bond acceptors (Lipinski definition) is 1. The summed E-state index contributed by atoms with van der Waals surface area (Å²) in [5.74, 6) is 1.87. The molecule has 76 valence electrons. The Balaban J connectivity index is 1.85. The third-order valence-corrected chi connectivity index (χ3v) is 3.66. The van der Waals surface area contributed by atoms with E-state index in [4.69, 9.17) is 4.74 Å². The van der Waals surface area contributed by atoms with Gasteiger partial charge in [0.1, 0.15) is 0 Å². The molecular formula is C12H22O. The first kappa shape index (κ1) is 9.51. The predicted octanol–water partition coefficient (Wildman–Crippen LogP) is 3.24. The first-order chi connectivity index (χ1) is 6.20. The minimum atomic E-state index is 0.637. The van der Waals surface area contributed by atoms with Crippen molar-refractivity contribution < 1.29 is 4.74 Å². The fraction of sp³-hybridized carbons (Fsp3) is 1.00. The third kappa shape index (κ3) is 2.07. The molecule has 1 atom stereocenters. The van der Waals surface area contributed by atoms with Crippen LogP contribution in [0, 0.1) is 17.3 Å². The molecule has 0 N–H and O–H groups in total. The highest BCUT2D eigenvalue weighted by Crippen LogP contribution is 2.46. The molecule has 13 heavy (non-hydrogen) atoms. The monoisotopic (exact) mass is 182 g/mol. The lowest BCUT2D eigenvalue weighted by atomic mass is 9.67. The molecule has 1 unspecified atom stereocenters. The standard InChI is InChI=1S/C12H22O/c1-10(2)6-11-4-3-5-12(7-11)8-13-9-12/h10-11H,3-9H2,1-2H3. The van der Waals surface area contributed by atoms with E-state index in [1.165, 1.54) is 32.1 Å². The van der Waals surface area contributed by atoms with Gasteiger partial charge in [-0.2, -0.15) is 0 Å². The normalized spacial score (nSPS) is 32.1. The van der Waals surface area contributed by atoms with Crippen molar-refractivity contribution in [2.24, 2.45) is 17.3 Å². The molecule has 1 nitrogen and oxygen atoms in total. The minimum Gasteiger partial charge on any atom is -0.380 e. The van der Waals surface area contributed by atoms with Crippen LogP contribution in [0.25, 0.3) is 0 Å². The van der Waals surface area contributed by atoms with Crippen LogP contribution in [0.4, 0.5) is 0 Å². The average Bonchev–Trinajstić information content (AvgIpc) is 2.01. The number of ether oxygens (including phenoxy) is 1. The van der Waals surface area contributed by atoms with Crippen LogP contribution in [0.2, 0.25) is 0 Å². The highest BCUT2D eigenvalue weighted by atomic mass is 16.5. The molecule has 0 bridgehead atoms. The summed E-state index contributed by atoms with van der Waals surface area (Å²) in [5, 5.41) is 0. The van der Waals surface area contributed by atoms with Crippen molar-refractivity contribution in [2.45, 2.75) is 46.0 Å². The SMILES string of the molecule is CC(C)CC1CCCC2(COC2)C1. The average molecular weight is 182 g/mol. The Morgan fingerprint density at radius 3 is 2.69 bits per heavy atom. The fourth-order valence-electron chi connectivity index (χ4n) is 3.10. The van der Waals surface area contributed by atoms with Gasteiger partial charge in [0.25, 0.3) is 0 Å². The first-order valence-corrected chi connectivity index (χ1v) is 5.78. The second-order valence-corrected chi connectivity index (χ2v) is 5.58. The van der Waals surface area contributed by atoms with Gasteiger partial charge in [-0.05, 0) is 31.1 Å². The zero-order valence-corrected chi connectivity index (χ0v) is 9.01. The second-order valence-electron chi connectivity index (χ2n) is 5.58. The van der Waals surface area contributed by atoms with E-state index in [-0.39, 0.29) is 0 Å². The quantitative estimate of drug-likeness (QED) is 0.637. The zero-order valence-electron chi connectivity index (χ0n) is 9.01. The Labute approximate surface area is 81.9 Å². The third-order valence-electron chi connectivity index (χ3n) is 3.66. The van der Waals surface area contributed by atoms with Gasteiger partial charge in [-0.3, -0.25) is 0 Å². The van der Waals surface area contributed by atoms with Gasteiger partial charge in [0.2, 0.25) is 0 Å². The van der Waals surface area contributed by atoms with E-state index in [0.29, 0.717) is 5.41 Å². The number of rotatable bonds is 2. The highest BCUT2D eigenvalue weighted by Gasteiger charge is 2.42. The molecule has 0 radical (unpaired) electrons. The summed E-state index contributed by atoms with van der Waals surface area (Å²) in [4.78, 5) is 0. The Morgan fingerprint density at radius 1 is 1.38 bits per heavy atom. The van der Waals surface area contributed by atoms with Crippen molar-refractivity contribution in [3.8, 4) is 0 Å². The van der Waals surface area contributed by atoms with E-state index in [1.54, 1.807) is 0 Å². The summed E-state index contributed by atoms with van der Waals surface area (Å²) < 4.78 is 5.37. The van der Waals surface area contributed by atoms with Crippen LogP contribution in [-0.2, 0) is 4.74 Å². The lowest BCUT2D eigenvalue weighted by Crippen LogP contribution is -2.46. The Hall–Kier alpha value is -0.0400. The lowest BCUT2D eigenvalue weighted by Gasteiger charge is -2.47. The molecule has 0 aromatic heterocycles. The van der Waals surface area contributed by atoms with Crippen molar-refractivity contribution in [3.63, 3.8) is 0 Å². The minimum absolute atomic E-state index is 0.637. The second kappa shape index (κ2) is 3.61. The Morgan fingerprint density at radius 2 is 2.15 bits per heavy atom. The molecule has 1 saturated carbocycles. The summed E-state index contributed by atoms with van der Waals surface area (Å²) in [6, 6.07) is 0. The van der Waals surface area contributed by atoms with Crippen molar-refractivity contribution in [1.29, 1.82) is 0 Å². The van der Waals surface area contributed by atoms with Crippen LogP contribution in [0.1, 0.15) is 46.0 Å². The van der Waals surface area contributed by atoms with Gasteiger partial charge < -0.3 is 4.74 Å². The summed E-state index contributed by atoms with van der Waals surface area (Å²) in [7, 11) is 0. The molecule has 1 saturated heterocycles.